The van der Waals surface area contributed by atoms with E-state index in [2.05, 4.69) is 34.9 Å². The fourth-order valence-corrected chi connectivity index (χ4v) is 2.80. The Morgan fingerprint density at radius 1 is 1.41 bits per heavy atom. The Balaban J connectivity index is 1.51. The molecular weight excluding hydrogens is 212 g/mol. The van der Waals surface area contributed by atoms with E-state index in [4.69, 9.17) is 0 Å². The van der Waals surface area contributed by atoms with Crippen molar-refractivity contribution in [3.63, 3.8) is 0 Å². The van der Waals surface area contributed by atoms with E-state index in [0.717, 1.165) is 32.4 Å². The number of carbonyl (C=O) groups is 1. The molecule has 1 fully saturated rings. The average molecular weight is 230 g/mol. The Labute approximate surface area is 102 Å². The van der Waals surface area contributed by atoms with Crippen molar-refractivity contribution < 1.29 is 4.79 Å². The lowest BCUT2D eigenvalue weighted by molar-refractivity contribution is -0.122. The minimum absolute atomic E-state index is 0.0466. The lowest BCUT2D eigenvalue weighted by Crippen LogP contribution is -2.43. The van der Waals surface area contributed by atoms with Crippen molar-refractivity contribution in [3.8, 4) is 0 Å². The molecule has 90 valence electrons. The van der Waals surface area contributed by atoms with Gasteiger partial charge in [0, 0.05) is 12.5 Å². The maximum Gasteiger partial charge on any atom is 0.237 e. The lowest BCUT2D eigenvalue weighted by atomic mass is 9.77. The average Bonchev–Trinajstić information content (AvgIpc) is 2.83. The summed E-state index contributed by atoms with van der Waals surface area (Å²) >= 11 is 0. The first-order valence-electron chi connectivity index (χ1n) is 6.43. The number of rotatable bonds is 3. The van der Waals surface area contributed by atoms with Gasteiger partial charge in [0.25, 0.3) is 0 Å². The highest BCUT2D eigenvalue weighted by atomic mass is 16.2. The van der Waals surface area contributed by atoms with E-state index in [0.29, 0.717) is 5.92 Å². The molecule has 2 atom stereocenters. The zero-order valence-electron chi connectivity index (χ0n) is 9.91. The number of benzene rings is 1. The van der Waals surface area contributed by atoms with Crippen molar-refractivity contribution in [2.45, 2.75) is 31.2 Å². The summed E-state index contributed by atoms with van der Waals surface area (Å²) in [7, 11) is 0. The molecule has 1 aliphatic carbocycles. The van der Waals surface area contributed by atoms with Gasteiger partial charge in [0.15, 0.2) is 0 Å². The number of amides is 1. The third kappa shape index (κ3) is 2.07. The second-order valence-electron chi connectivity index (χ2n) is 4.99. The smallest absolute Gasteiger partial charge is 0.237 e. The summed E-state index contributed by atoms with van der Waals surface area (Å²) in [5, 5.41) is 6.29. The number of hydrogen-bond acceptors (Lipinski definition) is 2. The van der Waals surface area contributed by atoms with Gasteiger partial charge in [-0.2, -0.15) is 0 Å². The number of carbonyl (C=O) groups excluding carboxylic acids is 1. The van der Waals surface area contributed by atoms with Gasteiger partial charge in [0.05, 0.1) is 6.04 Å². The maximum absolute atomic E-state index is 11.8. The van der Waals surface area contributed by atoms with Crippen LogP contribution in [0, 0.1) is 0 Å². The van der Waals surface area contributed by atoms with E-state index in [9.17, 15) is 4.79 Å². The standard InChI is InChI=1S/C14H18N2O/c17-14(13-6-3-7-15-13)16-9-11-8-10-4-1-2-5-12(10)11/h1-2,4-5,11,13,15H,3,6-9H2,(H,16,17)/t11?,13-/m0/s1. The Morgan fingerprint density at radius 3 is 3.06 bits per heavy atom. The van der Waals surface area contributed by atoms with E-state index in [1.807, 2.05) is 0 Å². The van der Waals surface area contributed by atoms with E-state index in [1.165, 1.54) is 11.1 Å². The third-order valence-electron chi connectivity index (χ3n) is 3.86. The van der Waals surface area contributed by atoms with Crippen LogP contribution in [-0.2, 0) is 11.2 Å². The van der Waals surface area contributed by atoms with E-state index in [1.54, 1.807) is 0 Å². The van der Waals surface area contributed by atoms with Gasteiger partial charge in [-0.05, 0) is 36.9 Å². The summed E-state index contributed by atoms with van der Waals surface area (Å²) in [6.45, 7) is 1.76. The Bertz CT molecular complexity index is 424. The van der Waals surface area contributed by atoms with Gasteiger partial charge in [0.1, 0.15) is 0 Å². The Morgan fingerprint density at radius 2 is 2.29 bits per heavy atom. The highest BCUT2D eigenvalue weighted by molar-refractivity contribution is 5.82. The Kier molecular flexibility index (Phi) is 2.85. The van der Waals surface area contributed by atoms with Crippen LogP contribution in [0.1, 0.15) is 29.9 Å². The van der Waals surface area contributed by atoms with Crippen molar-refractivity contribution in [1.29, 1.82) is 0 Å². The summed E-state index contributed by atoms with van der Waals surface area (Å²) < 4.78 is 0. The highest BCUT2D eigenvalue weighted by Gasteiger charge is 2.27. The Hall–Kier alpha value is -1.35. The van der Waals surface area contributed by atoms with Gasteiger partial charge in [-0.25, -0.2) is 0 Å². The second-order valence-corrected chi connectivity index (χ2v) is 4.99. The molecule has 3 rings (SSSR count). The first-order valence-corrected chi connectivity index (χ1v) is 6.43. The fraction of sp³-hybridized carbons (Fsp3) is 0.500. The maximum atomic E-state index is 11.8. The molecule has 1 saturated heterocycles. The molecule has 0 aromatic heterocycles. The van der Waals surface area contributed by atoms with Gasteiger partial charge in [-0.1, -0.05) is 24.3 Å². The van der Waals surface area contributed by atoms with E-state index >= 15 is 0 Å². The molecule has 3 heteroatoms. The molecule has 1 aliphatic heterocycles. The molecule has 1 amide bonds. The van der Waals surface area contributed by atoms with Crippen LogP contribution in [0.25, 0.3) is 0 Å². The molecule has 1 heterocycles. The molecule has 1 aromatic rings. The molecule has 1 unspecified atom stereocenters. The van der Waals surface area contributed by atoms with Gasteiger partial charge in [0.2, 0.25) is 5.91 Å². The zero-order valence-corrected chi connectivity index (χ0v) is 9.91. The van der Waals surface area contributed by atoms with Crippen molar-refractivity contribution in [1.82, 2.24) is 10.6 Å². The first kappa shape index (κ1) is 10.8. The molecule has 2 N–H and O–H groups in total. The van der Waals surface area contributed by atoms with Crippen LogP contribution in [0.15, 0.2) is 24.3 Å². The monoisotopic (exact) mass is 230 g/mol. The van der Waals surface area contributed by atoms with Crippen LogP contribution in [0.3, 0.4) is 0 Å². The van der Waals surface area contributed by atoms with E-state index < -0.39 is 0 Å². The van der Waals surface area contributed by atoms with Crippen molar-refractivity contribution in [2.75, 3.05) is 13.1 Å². The van der Waals surface area contributed by atoms with Crippen LogP contribution < -0.4 is 10.6 Å². The zero-order chi connectivity index (χ0) is 11.7. The van der Waals surface area contributed by atoms with Crippen molar-refractivity contribution >= 4 is 5.91 Å². The first-order chi connectivity index (χ1) is 8.34. The fourth-order valence-electron chi connectivity index (χ4n) is 2.80. The van der Waals surface area contributed by atoms with E-state index in [-0.39, 0.29) is 11.9 Å². The molecule has 1 aromatic carbocycles. The third-order valence-corrected chi connectivity index (χ3v) is 3.86. The second kappa shape index (κ2) is 4.49. The van der Waals surface area contributed by atoms with Gasteiger partial charge in [-0.15, -0.1) is 0 Å². The van der Waals surface area contributed by atoms with Gasteiger partial charge < -0.3 is 10.6 Å². The van der Waals surface area contributed by atoms with Crippen LogP contribution in [0.4, 0.5) is 0 Å². The minimum Gasteiger partial charge on any atom is -0.354 e. The summed E-state index contributed by atoms with van der Waals surface area (Å²) in [6.07, 6.45) is 3.20. The molecule has 0 spiro atoms. The normalized spacial score (nSPS) is 26.1. The van der Waals surface area contributed by atoms with Crippen LogP contribution in [-0.4, -0.2) is 25.0 Å². The largest absolute Gasteiger partial charge is 0.354 e. The number of fused-ring (bicyclic) bond motifs is 1. The number of hydrogen-bond donors (Lipinski definition) is 2. The molecule has 17 heavy (non-hydrogen) atoms. The SMILES string of the molecule is O=C(NCC1Cc2ccccc21)[C@@H]1CCCN1. The summed E-state index contributed by atoms with van der Waals surface area (Å²) in [5.74, 6) is 0.698. The minimum atomic E-state index is 0.0466. The predicted octanol–water partition coefficient (Wildman–Crippen LogP) is 1.19. The van der Waals surface area contributed by atoms with Crippen LogP contribution in [0.2, 0.25) is 0 Å². The van der Waals surface area contributed by atoms with Crippen LogP contribution >= 0.6 is 0 Å². The van der Waals surface area contributed by atoms with Gasteiger partial charge in [-0.3, -0.25) is 4.79 Å². The molecule has 0 bridgehead atoms. The summed E-state index contributed by atoms with van der Waals surface area (Å²) in [5.41, 5.74) is 2.85. The molecule has 3 nitrogen and oxygen atoms in total. The quantitative estimate of drug-likeness (QED) is 0.819. The van der Waals surface area contributed by atoms with Crippen molar-refractivity contribution in [3.05, 3.63) is 35.4 Å². The number of nitrogens with one attached hydrogen (secondary N) is 2. The topological polar surface area (TPSA) is 41.1 Å². The van der Waals surface area contributed by atoms with Crippen LogP contribution in [0.5, 0.6) is 0 Å². The summed E-state index contributed by atoms with van der Waals surface area (Å²) in [6, 6.07) is 8.54. The van der Waals surface area contributed by atoms with Crippen molar-refractivity contribution in [2.24, 2.45) is 0 Å². The molecular formula is C14H18N2O. The molecule has 0 saturated carbocycles. The summed E-state index contributed by atoms with van der Waals surface area (Å²) in [4.78, 5) is 11.8. The lowest BCUT2D eigenvalue weighted by Gasteiger charge is -2.30. The highest BCUT2D eigenvalue weighted by Crippen LogP contribution is 2.33. The van der Waals surface area contributed by atoms with Gasteiger partial charge >= 0.3 is 0 Å². The molecule has 0 radical (unpaired) electrons. The predicted molar refractivity (Wildman–Crippen MR) is 66.9 cm³/mol. The molecule has 2 aliphatic rings.